The monoisotopic (exact) mass is 342 g/mol. The van der Waals surface area contributed by atoms with Crippen LogP contribution in [-0.4, -0.2) is 39.9 Å². The molecule has 0 aliphatic carbocycles. The van der Waals surface area contributed by atoms with E-state index in [0.29, 0.717) is 19.8 Å². The van der Waals surface area contributed by atoms with Gasteiger partial charge in [0.05, 0.1) is 5.92 Å². The topological polar surface area (TPSA) is 78.3 Å². The molecular formula is C18H22N4O3. The highest BCUT2D eigenvalue weighted by Gasteiger charge is 2.26. The number of amides is 1. The molecule has 4 rings (SSSR count). The Labute approximate surface area is 146 Å². The van der Waals surface area contributed by atoms with Crippen LogP contribution in [0.1, 0.15) is 24.7 Å². The van der Waals surface area contributed by atoms with E-state index in [1.807, 2.05) is 29.7 Å². The summed E-state index contributed by atoms with van der Waals surface area (Å²) in [5, 5.41) is 11.1. The van der Waals surface area contributed by atoms with Crippen LogP contribution >= 0.6 is 0 Å². The summed E-state index contributed by atoms with van der Waals surface area (Å²) >= 11 is 0. The molecule has 2 aliphatic heterocycles. The van der Waals surface area contributed by atoms with E-state index in [0.717, 1.165) is 42.1 Å². The van der Waals surface area contributed by atoms with Crippen LogP contribution in [-0.2, 0) is 24.2 Å². The third kappa shape index (κ3) is 3.45. The Balaban J connectivity index is 1.34. The van der Waals surface area contributed by atoms with E-state index in [1.165, 1.54) is 0 Å². The summed E-state index contributed by atoms with van der Waals surface area (Å²) in [6, 6.07) is 6.02. The third-order valence-electron chi connectivity index (χ3n) is 4.74. The predicted octanol–water partition coefficient (Wildman–Crippen LogP) is 1.36. The molecule has 2 atom stereocenters. The Hall–Kier alpha value is -2.57. The first-order valence-electron chi connectivity index (χ1n) is 8.74. The number of nitrogens with zero attached hydrogens (tertiary/aromatic N) is 3. The number of ether oxygens (including phenoxy) is 2. The fourth-order valence-electron chi connectivity index (χ4n) is 3.45. The van der Waals surface area contributed by atoms with Gasteiger partial charge in [0.25, 0.3) is 0 Å². The van der Waals surface area contributed by atoms with E-state index in [-0.39, 0.29) is 17.9 Å². The highest BCUT2D eigenvalue weighted by atomic mass is 16.6. The number of fused-ring (bicyclic) bond motifs is 2. The van der Waals surface area contributed by atoms with Gasteiger partial charge in [-0.15, -0.1) is 10.2 Å². The minimum absolute atomic E-state index is 0.0220. The van der Waals surface area contributed by atoms with E-state index in [2.05, 4.69) is 15.5 Å². The first-order chi connectivity index (χ1) is 12.2. The van der Waals surface area contributed by atoms with Gasteiger partial charge in [-0.1, -0.05) is 6.07 Å². The average Bonchev–Trinajstić information content (AvgIpc) is 3.09. The maximum atomic E-state index is 12.6. The number of carbonyl (C=O) groups is 1. The molecule has 132 valence electrons. The summed E-state index contributed by atoms with van der Waals surface area (Å²) in [6.07, 6.45) is 4.08. The van der Waals surface area contributed by atoms with Gasteiger partial charge < -0.3 is 19.4 Å². The van der Waals surface area contributed by atoms with Crippen molar-refractivity contribution in [2.24, 2.45) is 5.92 Å². The highest BCUT2D eigenvalue weighted by molar-refractivity contribution is 5.79. The molecule has 2 aliphatic rings. The fraction of sp³-hybridized carbons (Fsp3) is 0.500. The van der Waals surface area contributed by atoms with Gasteiger partial charge in [0.15, 0.2) is 11.5 Å². The molecular weight excluding hydrogens is 320 g/mol. The molecule has 1 unspecified atom stereocenters. The zero-order chi connectivity index (χ0) is 17.2. The van der Waals surface area contributed by atoms with Crippen molar-refractivity contribution in [1.82, 2.24) is 20.1 Å². The predicted molar refractivity (Wildman–Crippen MR) is 90.6 cm³/mol. The zero-order valence-corrected chi connectivity index (χ0v) is 14.3. The largest absolute Gasteiger partial charge is 0.486 e. The second-order valence-electron chi connectivity index (χ2n) is 6.73. The average molecular weight is 342 g/mol. The molecule has 2 aromatic rings. The van der Waals surface area contributed by atoms with E-state index >= 15 is 0 Å². The Morgan fingerprint density at radius 2 is 2.20 bits per heavy atom. The van der Waals surface area contributed by atoms with Crippen molar-refractivity contribution < 1.29 is 14.3 Å². The molecule has 0 fully saturated rings. The minimum atomic E-state index is -0.0220. The number of hydrogen-bond donors (Lipinski definition) is 1. The molecule has 0 bridgehead atoms. The van der Waals surface area contributed by atoms with Crippen LogP contribution < -0.4 is 14.8 Å². The molecule has 1 aromatic heterocycles. The van der Waals surface area contributed by atoms with Crippen molar-refractivity contribution in [3.63, 3.8) is 0 Å². The molecule has 0 saturated carbocycles. The number of aromatic nitrogens is 3. The van der Waals surface area contributed by atoms with Crippen LogP contribution in [0.15, 0.2) is 24.5 Å². The van der Waals surface area contributed by atoms with E-state index < -0.39 is 0 Å². The molecule has 0 radical (unpaired) electrons. The van der Waals surface area contributed by atoms with Crippen LogP contribution in [0.5, 0.6) is 11.5 Å². The van der Waals surface area contributed by atoms with E-state index in [4.69, 9.17) is 9.47 Å². The Bertz CT molecular complexity index is 773. The van der Waals surface area contributed by atoms with Crippen molar-refractivity contribution >= 4 is 5.91 Å². The lowest BCUT2D eigenvalue weighted by molar-refractivity contribution is -0.126. The Kier molecular flexibility index (Phi) is 4.29. The fourth-order valence-corrected chi connectivity index (χ4v) is 3.45. The second kappa shape index (κ2) is 6.74. The van der Waals surface area contributed by atoms with Gasteiger partial charge in [0.2, 0.25) is 5.91 Å². The van der Waals surface area contributed by atoms with Crippen LogP contribution in [0.4, 0.5) is 0 Å². The number of carbonyl (C=O) groups excluding carboxylic acids is 1. The van der Waals surface area contributed by atoms with Gasteiger partial charge in [-0.3, -0.25) is 4.79 Å². The highest BCUT2D eigenvalue weighted by Crippen LogP contribution is 2.31. The van der Waals surface area contributed by atoms with Gasteiger partial charge >= 0.3 is 0 Å². The number of hydrogen-bond acceptors (Lipinski definition) is 5. The van der Waals surface area contributed by atoms with Gasteiger partial charge in [-0.25, -0.2) is 0 Å². The maximum absolute atomic E-state index is 12.6. The normalized spacial score (nSPS) is 19.8. The quantitative estimate of drug-likeness (QED) is 0.908. The molecule has 25 heavy (non-hydrogen) atoms. The lowest BCUT2D eigenvalue weighted by Crippen LogP contribution is -2.41. The Morgan fingerprint density at radius 1 is 1.36 bits per heavy atom. The van der Waals surface area contributed by atoms with Gasteiger partial charge in [0, 0.05) is 19.0 Å². The second-order valence-corrected chi connectivity index (χ2v) is 6.73. The Morgan fingerprint density at radius 3 is 3.08 bits per heavy atom. The smallest absolute Gasteiger partial charge is 0.225 e. The third-order valence-corrected chi connectivity index (χ3v) is 4.74. The number of aryl methyl sites for hydroxylation is 1. The van der Waals surface area contributed by atoms with Crippen molar-refractivity contribution in [3.05, 3.63) is 35.9 Å². The van der Waals surface area contributed by atoms with E-state index in [1.54, 1.807) is 6.33 Å². The molecule has 3 heterocycles. The minimum Gasteiger partial charge on any atom is -0.486 e. The van der Waals surface area contributed by atoms with Crippen LogP contribution in [0, 0.1) is 5.92 Å². The van der Waals surface area contributed by atoms with Crippen LogP contribution in [0.25, 0.3) is 0 Å². The van der Waals surface area contributed by atoms with Crippen molar-refractivity contribution in [3.8, 4) is 11.5 Å². The number of nitrogens with one attached hydrogen (secondary N) is 1. The van der Waals surface area contributed by atoms with Crippen LogP contribution in [0.2, 0.25) is 0 Å². The van der Waals surface area contributed by atoms with E-state index in [9.17, 15) is 4.79 Å². The lowest BCUT2D eigenvalue weighted by Gasteiger charge is -2.24. The van der Waals surface area contributed by atoms with Gasteiger partial charge in [-0.2, -0.15) is 0 Å². The first-order valence-corrected chi connectivity index (χ1v) is 8.74. The number of rotatable bonds is 4. The molecule has 1 N–H and O–H groups in total. The maximum Gasteiger partial charge on any atom is 0.225 e. The van der Waals surface area contributed by atoms with Gasteiger partial charge in [0.1, 0.15) is 25.4 Å². The lowest BCUT2D eigenvalue weighted by atomic mass is 9.97. The number of benzene rings is 1. The van der Waals surface area contributed by atoms with Gasteiger partial charge in [-0.05, 0) is 37.5 Å². The molecule has 1 amide bonds. The molecule has 7 heteroatoms. The SMILES string of the molecule is C[C@H](Cc1ccc2c(c1)OCCO2)NC(=O)C1CCc2nncn2C1. The molecule has 0 saturated heterocycles. The zero-order valence-electron chi connectivity index (χ0n) is 14.3. The summed E-state index contributed by atoms with van der Waals surface area (Å²) in [4.78, 5) is 12.6. The molecule has 1 aromatic carbocycles. The summed E-state index contributed by atoms with van der Waals surface area (Å²) in [5.74, 6) is 2.62. The van der Waals surface area contributed by atoms with Crippen molar-refractivity contribution in [2.45, 2.75) is 38.8 Å². The summed E-state index contributed by atoms with van der Waals surface area (Å²) in [7, 11) is 0. The molecule has 7 nitrogen and oxygen atoms in total. The van der Waals surface area contributed by atoms with Crippen molar-refractivity contribution in [1.29, 1.82) is 0 Å². The first kappa shape index (κ1) is 15.9. The standard InChI is InChI=1S/C18H22N4O3/c1-12(8-13-2-4-15-16(9-13)25-7-6-24-15)20-18(23)14-3-5-17-21-19-11-22(17)10-14/h2,4,9,11-12,14H,3,5-8,10H2,1H3,(H,20,23)/t12-,14?/m1/s1. The summed E-state index contributed by atoms with van der Waals surface area (Å²) in [5.41, 5.74) is 1.13. The van der Waals surface area contributed by atoms with Crippen LogP contribution in [0.3, 0.4) is 0 Å². The van der Waals surface area contributed by atoms with Crippen molar-refractivity contribution in [2.75, 3.05) is 13.2 Å². The molecule has 0 spiro atoms. The summed E-state index contributed by atoms with van der Waals surface area (Å²) in [6.45, 7) is 3.86. The summed E-state index contributed by atoms with van der Waals surface area (Å²) < 4.78 is 13.1.